The molecular formula is C16H25N3O. The van der Waals surface area contributed by atoms with Crippen LogP contribution in [-0.2, 0) is 17.9 Å². The van der Waals surface area contributed by atoms with E-state index in [1.165, 1.54) is 0 Å². The van der Waals surface area contributed by atoms with Crippen LogP contribution in [0.25, 0.3) is 0 Å². The maximum absolute atomic E-state index is 12.3. The summed E-state index contributed by atoms with van der Waals surface area (Å²) in [6.45, 7) is 6.41. The highest BCUT2D eigenvalue weighted by Gasteiger charge is 2.24. The van der Waals surface area contributed by atoms with Gasteiger partial charge in [-0.05, 0) is 36.3 Å². The Balaban J connectivity index is 2.06. The third-order valence-corrected chi connectivity index (χ3v) is 4.33. The minimum Gasteiger partial charge on any atom is -0.338 e. The zero-order valence-corrected chi connectivity index (χ0v) is 12.5. The van der Waals surface area contributed by atoms with Crippen molar-refractivity contribution >= 4 is 5.91 Å². The molecule has 0 spiro atoms. The monoisotopic (exact) mass is 275 g/mol. The normalized spacial score (nSPS) is 20.3. The molecule has 1 amide bonds. The molecule has 20 heavy (non-hydrogen) atoms. The lowest BCUT2D eigenvalue weighted by Crippen LogP contribution is -2.30. The molecule has 1 aliphatic rings. The van der Waals surface area contributed by atoms with Crippen LogP contribution in [0.4, 0.5) is 0 Å². The number of aromatic nitrogens is 1. The van der Waals surface area contributed by atoms with E-state index in [9.17, 15) is 4.79 Å². The number of carbonyl (C=O) groups excluding carboxylic acids is 1. The summed E-state index contributed by atoms with van der Waals surface area (Å²) in [7, 11) is 0. The van der Waals surface area contributed by atoms with Gasteiger partial charge in [0.25, 0.3) is 0 Å². The van der Waals surface area contributed by atoms with Crippen LogP contribution in [0.2, 0.25) is 0 Å². The fourth-order valence-electron chi connectivity index (χ4n) is 2.90. The molecule has 0 aliphatic carbocycles. The van der Waals surface area contributed by atoms with Crippen LogP contribution in [0.3, 0.4) is 0 Å². The van der Waals surface area contributed by atoms with Crippen molar-refractivity contribution in [3.05, 3.63) is 29.6 Å². The van der Waals surface area contributed by atoms with Crippen LogP contribution in [0.5, 0.6) is 0 Å². The number of hydrogen-bond donors (Lipinski definition) is 1. The van der Waals surface area contributed by atoms with Gasteiger partial charge in [-0.15, -0.1) is 0 Å². The molecule has 1 atom stereocenters. The van der Waals surface area contributed by atoms with Crippen molar-refractivity contribution in [1.82, 2.24) is 9.88 Å². The van der Waals surface area contributed by atoms with Gasteiger partial charge in [0.1, 0.15) is 0 Å². The Bertz CT molecular complexity index is 459. The molecule has 2 rings (SSSR count). The molecule has 1 saturated heterocycles. The number of carbonyl (C=O) groups is 1. The van der Waals surface area contributed by atoms with E-state index in [0.29, 0.717) is 31.3 Å². The smallest absolute Gasteiger partial charge is 0.222 e. The van der Waals surface area contributed by atoms with E-state index in [4.69, 9.17) is 5.73 Å². The first kappa shape index (κ1) is 15.0. The fourth-order valence-corrected chi connectivity index (χ4v) is 2.90. The zero-order chi connectivity index (χ0) is 14.5. The SMILES string of the molecule is CC(C)C1CCC(=O)N(Cc2cccnc2CN)CC1. The van der Waals surface area contributed by atoms with Gasteiger partial charge in [-0.25, -0.2) is 0 Å². The largest absolute Gasteiger partial charge is 0.338 e. The van der Waals surface area contributed by atoms with Crippen molar-refractivity contribution < 1.29 is 4.79 Å². The first-order chi connectivity index (χ1) is 9.61. The zero-order valence-electron chi connectivity index (χ0n) is 12.5. The number of likely N-dealkylation sites (tertiary alicyclic amines) is 1. The topological polar surface area (TPSA) is 59.2 Å². The summed E-state index contributed by atoms with van der Waals surface area (Å²) in [5.41, 5.74) is 7.69. The lowest BCUT2D eigenvalue weighted by molar-refractivity contribution is -0.131. The van der Waals surface area contributed by atoms with E-state index in [1.807, 2.05) is 17.0 Å². The van der Waals surface area contributed by atoms with Gasteiger partial charge in [0.05, 0.1) is 5.69 Å². The average molecular weight is 275 g/mol. The summed E-state index contributed by atoms with van der Waals surface area (Å²) < 4.78 is 0. The minimum absolute atomic E-state index is 0.264. The Morgan fingerprint density at radius 2 is 2.25 bits per heavy atom. The second kappa shape index (κ2) is 6.84. The minimum atomic E-state index is 0.264. The number of hydrogen-bond acceptors (Lipinski definition) is 3. The second-order valence-corrected chi connectivity index (χ2v) is 5.96. The molecule has 4 heteroatoms. The van der Waals surface area contributed by atoms with Gasteiger partial charge in [0, 0.05) is 32.3 Å². The summed E-state index contributed by atoms with van der Waals surface area (Å²) >= 11 is 0. The van der Waals surface area contributed by atoms with E-state index in [0.717, 1.165) is 30.6 Å². The lowest BCUT2D eigenvalue weighted by Gasteiger charge is -2.22. The summed E-state index contributed by atoms with van der Waals surface area (Å²) in [6, 6.07) is 3.93. The quantitative estimate of drug-likeness (QED) is 0.917. The molecular weight excluding hydrogens is 250 g/mol. The molecule has 0 aromatic carbocycles. The molecule has 1 fully saturated rings. The van der Waals surface area contributed by atoms with Crippen LogP contribution in [0.1, 0.15) is 44.4 Å². The maximum atomic E-state index is 12.3. The summed E-state index contributed by atoms with van der Waals surface area (Å²) in [6.07, 6.45) is 4.54. The molecule has 0 bridgehead atoms. The standard InChI is InChI=1S/C16H25N3O/c1-12(2)13-5-6-16(20)19(9-7-13)11-14-4-3-8-18-15(14)10-17/h3-4,8,12-13H,5-7,9-11,17H2,1-2H3. The third-order valence-electron chi connectivity index (χ3n) is 4.33. The maximum Gasteiger partial charge on any atom is 0.222 e. The van der Waals surface area contributed by atoms with Gasteiger partial charge in [-0.1, -0.05) is 19.9 Å². The average Bonchev–Trinajstić information content (AvgIpc) is 2.62. The van der Waals surface area contributed by atoms with Gasteiger partial charge in [0.15, 0.2) is 0 Å². The predicted octanol–water partition coefficient (Wildman–Crippen LogP) is 2.33. The summed E-state index contributed by atoms with van der Waals surface area (Å²) in [4.78, 5) is 18.5. The number of pyridine rings is 1. The number of nitrogens with two attached hydrogens (primary N) is 1. The van der Waals surface area contributed by atoms with Crippen LogP contribution in [-0.4, -0.2) is 22.3 Å². The predicted molar refractivity (Wildman–Crippen MR) is 79.7 cm³/mol. The van der Waals surface area contributed by atoms with Gasteiger partial charge in [-0.2, -0.15) is 0 Å². The van der Waals surface area contributed by atoms with Gasteiger partial charge in [0.2, 0.25) is 5.91 Å². The van der Waals surface area contributed by atoms with Crippen molar-refractivity contribution in [3.8, 4) is 0 Å². The molecule has 1 unspecified atom stereocenters. The van der Waals surface area contributed by atoms with Crippen LogP contribution in [0.15, 0.2) is 18.3 Å². The highest BCUT2D eigenvalue weighted by atomic mass is 16.2. The molecule has 4 nitrogen and oxygen atoms in total. The Hall–Kier alpha value is -1.42. The lowest BCUT2D eigenvalue weighted by atomic mass is 9.89. The molecule has 1 aromatic heterocycles. The highest BCUT2D eigenvalue weighted by molar-refractivity contribution is 5.76. The molecule has 2 heterocycles. The van der Waals surface area contributed by atoms with Crippen molar-refractivity contribution in [2.45, 2.75) is 46.2 Å². The number of rotatable bonds is 4. The van der Waals surface area contributed by atoms with Gasteiger partial charge in [-0.3, -0.25) is 9.78 Å². The van der Waals surface area contributed by atoms with Crippen molar-refractivity contribution in [1.29, 1.82) is 0 Å². The van der Waals surface area contributed by atoms with E-state index in [1.54, 1.807) is 6.20 Å². The highest BCUT2D eigenvalue weighted by Crippen LogP contribution is 2.26. The Morgan fingerprint density at radius 3 is 2.95 bits per heavy atom. The molecule has 110 valence electrons. The van der Waals surface area contributed by atoms with Crippen LogP contribution >= 0.6 is 0 Å². The Labute approximate surface area is 121 Å². The molecule has 1 aromatic rings. The first-order valence-electron chi connectivity index (χ1n) is 7.52. The third kappa shape index (κ3) is 3.57. The van der Waals surface area contributed by atoms with Crippen LogP contribution < -0.4 is 5.73 Å². The van der Waals surface area contributed by atoms with E-state index >= 15 is 0 Å². The number of amides is 1. The van der Waals surface area contributed by atoms with E-state index < -0.39 is 0 Å². The van der Waals surface area contributed by atoms with Crippen molar-refractivity contribution in [2.24, 2.45) is 17.6 Å². The number of nitrogens with zero attached hydrogens (tertiary/aromatic N) is 2. The van der Waals surface area contributed by atoms with Crippen molar-refractivity contribution in [2.75, 3.05) is 6.54 Å². The summed E-state index contributed by atoms with van der Waals surface area (Å²) in [5.74, 6) is 1.58. The second-order valence-electron chi connectivity index (χ2n) is 5.96. The fraction of sp³-hybridized carbons (Fsp3) is 0.625. The first-order valence-corrected chi connectivity index (χ1v) is 7.52. The van der Waals surface area contributed by atoms with Crippen molar-refractivity contribution in [3.63, 3.8) is 0 Å². The van der Waals surface area contributed by atoms with E-state index in [2.05, 4.69) is 18.8 Å². The molecule has 0 saturated carbocycles. The Kier molecular flexibility index (Phi) is 5.12. The molecule has 0 radical (unpaired) electrons. The molecule has 1 aliphatic heterocycles. The van der Waals surface area contributed by atoms with Gasteiger partial charge < -0.3 is 10.6 Å². The van der Waals surface area contributed by atoms with Crippen LogP contribution in [0, 0.1) is 11.8 Å². The van der Waals surface area contributed by atoms with Gasteiger partial charge >= 0.3 is 0 Å². The summed E-state index contributed by atoms with van der Waals surface area (Å²) in [5, 5.41) is 0. The Morgan fingerprint density at radius 1 is 1.45 bits per heavy atom. The van der Waals surface area contributed by atoms with E-state index in [-0.39, 0.29) is 5.91 Å². The molecule has 2 N–H and O–H groups in total.